The minimum absolute atomic E-state index is 0.223. The summed E-state index contributed by atoms with van der Waals surface area (Å²) in [4.78, 5) is 0. The third-order valence-corrected chi connectivity index (χ3v) is 2.61. The third kappa shape index (κ3) is 1.24. The molecule has 2 atom stereocenters. The molecule has 0 aromatic heterocycles. The first-order chi connectivity index (χ1) is 3.29. The molecule has 1 rings (SSSR count). The second kappa shape index (κ2) is 1.92. The minimum atomic E-state index is -0.578. The maximum atomic E-state index is 10.5. The van der Waals surface area contributed by atoms with Crippen LogP contribution in [-0.2, 0) is 10.8 Å². The zero-order valence-electron chi connectivity index (χ0n) is 4.09. The van der Waals surface area contributed by atoms with Crippen LogP contribution in [0.15, 0.2) is 0 Å². The van der Waals surface area contributed by atoms with Crippen LogP contribution >= 0.6 is 0 Å². The normalized spacial score (nSPS) is 41.9. The van der Waals surface area contributed by atoms with Gasteiger partial charge in [0.15, 0.2) is 0 Å². The van der Waals surface area contributed by atoms with Crippen LogP contribution in [0.2, 0.25) is 0 Å². The monoisotopic (exact) mass is 119 g/mol. The Labute approximate surface area is 45.5 Å². The summed E-state index contributed by atoms with van der Waals surface area (Å²) in [5.74, 6) is 1.54. The number of hydrogen-bond donors (Lipinski definition) is 1. The molecule has 1 fully saturated rings. The van der Waals surface area contributed by atoms with Crippen LogP contribution in [0.25, 0.3) is 0 Å². The summed E-state index contributed by atoms with van der Waals surface area (Å²) in [6.07, 6.45) is 0.951. The van der Waals surface area contributed by atoms with Gasteiger partial charge in [0, 0.05) is 28.3 Å². The van der Waals surface area contributed by atoms with E-state index in [9.17, 15) is 4.21 Å². The van der Waals surface area contributed by atoms with Crippen LogP contribution in [0.3, 0.4) is 0 Å². The van der Waals surface area contributed by atoms with E-state index in [-0.39, 0.29) is 6.04 Å². The lowest BCUT2D eigenvalue weighted by Gasteiger charge is -1.91. The molecule has 42 valence electrons. The molecule has 0 amide bonds. The van der Waals surface area contributed by atoms with E-state index < -0.39 is 10.8 Å². The van der Waals surface area contributed by atoms with Crippen molar-refractivity contribution < 1.29 is 4.21 Å². The molecule has 0 aromatic rings. The van der Waals surface area contributed by atoms with Gasteiger partial charge in [-0.25, -0.2) is 0 Å². The highest BCUT2D eigenvalue weighted by Crippen LogP contribution is 2.03. The molecular formula is C4H9NOS. The topological polar surface area (TPSA) is 43.1 Å². The summed E-state index contributed by atoms with van der Waals surface area (Å²) in [7, 11) is -0.578. The maximum absolute atomic E-state index is 10.5. The van der Waals surface area contributed by atoms with E-state index in [1.807, 2.05) is 0 Å². The Morgan fingerprint density at radius 3 is 2.57 bits per heavy atom. The van der Waals surface area contributed by atoms with Crippen molar-refractivity contribution in [2.24, 2.45) is 5.73 Å². The highest BCUT2D eigenvalue weighted by Gasteiger charge is 2.15. The molecule has 2 nitrogen and oxygen atoms in total. The van der Waals surface area contributed by atoms with Crippen LogP contribution < -0.4 is 5.73 Å². The molecule has 1 aliphatic heterocycles. The van der Waals surface area contributed by atoms with Gasteiger partial charge in [0.25, 0.3) is 0 Å². The lowest BCUT2D eigenvalue weighted by Crippen LogP contribution is -2.18. The average molecular weight is 119 g/mol. The Morgan fingerprint density at radius 1 is 1.71 bits per heavy atom. The van der Waals surface area contributed by atoms with Gasteiger partial charge in [0.1, 0.15) is 0 Å². The van der Waals surface area contributed by atoms with Gasteiger partial charge in [-0.1, -0.05) is 0 Å². The van der Waals surface area contributed by atoms with Crippen LogP contribution in [-0.4, -0.2) is 21.8 Å². The smallest absolute Gasteiger partial charge is 0.0386 e. The maximum Gasteiger partial charge on any atom is 0.0386 e. The molecule has 1 unspecified atom stereocenters. The summed E-state index contributed by atoms with van der Waals surface area (Å²) in [6.45, 7) is 0. The number of rotatable bonds is 0. The van der Waals surface area contributed by atoms with Gasteiger partial charge in [0.2, 0.25) is 0 Å². The van der Waals surface area contributed by atoms with Crippen molar-refractivity contribution >= 4 is 10.8 Å². The fourth-order valence-electron chi connectivity index (χ4n) is 0.688. The summed E-state index contributed by atoms with van der Waals surface area (Å²) < 4.78 is 10.5. The van der Waals surface area contributed by atoms with E-state index in [2.05, 4.69) is 0 Å². The summed E-state index contributed by atoms with van der Waals surface area (Å²) in [6, 6.07) is 0.223. The van der Waals surface area contributed by atoms with Crippen LogP contribution in [0.4, 0.5) is 0 Å². The van der Waals surface area contributed by atoms with E-state index in [1.54, 1.807) is 0 Å². The average Bonchev–Trinajstić information content (AvgIpc) is 1.87. The largest absolute Gasteiger partial charge is 0.327 e. The molecule has 0 bridgehead atoms. The standard InChI is InChI=1S/C4H9NOS/c5-4-1-2-7(6)3-4/h4H,1-3,5H2/t4-,7?/m0/s1. The fraction of sp³-hybridized carbons (Fsp3) is 1.00. The Morgan fingerprint density at radius 2 is 2.43 bits per heavy atom. The lowest BCUT2D eigenvalue weighted by molar-refractivity contribution is 0.686. The zero-order chi connectivity index (χ0) is 5.28. The van der Waals surface area contributed by atoms with E-state index in [0.717, 1.165) is 17.9 Å². The first kappa shape index (κ1) is 5.25. The van der Waals surface area contributed by atoms with Crippen molar-refractivity contribution in [2.75, 3.05) is 11.5 Å². The molecule has 0 radical (unpaired) electrons. The molecule has 3 heteroatoms. The molecule has 1 aliphatic rings. The van der Waals surface area contributed by atoms with E-state index in [4.69, 9.17) is 5.73 Å². The molecule has 0 aromatic carbocycles. The summed E-state index contributed by atoms with van der Waals surface area (Å²) in [5, 5.41) is 0. The van der Waals surface area contributed by atoms with E-state index in [0.29, 0.717) is 0 Å². The Kier molecular flexibility index (Phi) is 1.44. The molecule has 0 spiro atoms. The molecule has 0 aliphatic carbocycles. The Bertz CT molecular complexity index is 93.7. The van der Waals surface area contributed by atoms with Crippen LogP contribution in [0, 0.1) is 0 Å². The molecule has 1 heterocycles. The van der Waals surface area contributed by atoms with Crippen molar-refractivity contribution in [3.63, 3.8) is 0 Å². The Balaban J connectivity index is 2.40. The van der Waals surface area contributed by atoms with Gasteiger partial charge < -0.3 is 5.73 Å². The summed E-state index contributed by atoms with van der Waals surface area (Å²) >= 11 is 0. The van der Waals surface area contributed by atoms with Gasteiger partial charge in [-0.05, 0) is 6.42 Å². The predicted octanol–water partition coefficient (Wildman–Crippen LogP) is -0.534. The van der Waals surface area contributed by atoms with Crippen molar-refractivity contribution in [1.29, 1.82) is 0 Å². The molecular weight excluding hydrogens is 110 g/mol. The predicted molar refractivity (Wildman–Crippen MR) is 30.5 cm³/mol. The van der Waals surface area contributed by atoms with Crippen LogP contribution in [0.5, 0.6) is 0 Å². The molecule has 0 saturated carbocycles. The SMILES string of the molecule is N[C@H]1CCS(=O)C1. The lowest BCUT2D eigenvalue weighted by atomic mass is 10.3. The highest BCUT2D eigenvalue weighted by atomic mass is 32.2. The zero-order valence-corrected chi connectivity index (χ0v) is 4.91. The summed E-state index contributed by atoms with van der Waals surface area (Å²) in [5.41, 5.74) is 5.43. The molecule has 2 N–H and O–H groups in total. The van der Waals surface area contributed by atoms with Crippen molar-refractivity contribution in [3.8, 4) is 0 Å². The van der Waals surface area contributed by atoms with Gasteiger partial charge in [0.05, 0.1) is 0 Å². The first-order valence-corrected chi connectivity index (χ1v) is 3.88. The van der Waals surface area contributed by atoms with E-state index >= 15 is 0 Å². The van der Waals surface area contributed by atoms with E-state index in [1.165, 1.54) is 0 Å². The number of hydrogen-bond acceptors (Lipinski definition) is 2. The second-order valence-corrected chi connectivity index (χ2v) is 3.48. The van der Waals surface area contributed by atoms with Crippen LogP contribution in [0.1, 0.15) is 6.42 Å². The second-order valence-electron chi connectivity index (χ2n) is 1.86. The number of nitrogens with two attached hydrogens (primary N) is 1. The van der Waals surface area contributed by atoms with Crippen molar-refractivity contribution in [2.45, 2.75) is 12.5 Å². The van der Waals surface area contributed by atoms with Gasteiger partial charge in [-0.15, -0.1) is 0 Å². The van der Waals surface area contributed by atoms with Gasteiger partial charge in [-0.2, -0.15) is 0 Å². The van der Waals surface area contributed by atoms with Gasteiger partial charge >= 0.3 is 0 Å². The quantitative estimate of drug-likeness (QED) is 0.465. The molecule has 7 heavy (non-hydrogen) atoms. The highest BCUT2D eigenvalue weighted by molar-refractivity contribution is 7.85. The fourth-order valence-corrected chi connectivity index (χ4v) is 2.06. The van der Waals surface area contributed by atoms with Gasteiger partial charge in [-0.3, -0.25) is 4.21 Å². The Hall–Kier alpha value is 0.110. The third-order valence-electron chi connectivity index (χ3n) is 1.12. The molecule has 1 saturated heterocycles. The van der Waals surface area contributed by atoms with Crippen molar-refractivity contribution in [1.82, 2.24) is 0 Å². The van der Waals surface area contributed by atoms with Crippen molar-refractivity contribution in [3.05, 3.63) is 0 Å². The minimum Gasteiger partial charge on any atom is -0.327 e. The first-order valence-electron chi connectivity index (χ1n) is 2.39.